The van der Waals surface area contributed by atoms with E-state index in [-0.39, 0.29) is 30.2 Å². The summed E-state index contributed by atoms with van der Waals surface area (Å²) in [6.07, 6.45) is 0.278. The summed E-state index contributed by atoms with van der Waals surface area (Å²) in [5.74, 6) is 0.341. The molecule has 0 radical (unpaired) electrons. The summed E-state index contributed by atoms with van der Waals surface area (Å²) in [5, 5.41) is 12.1. The minimum absolute atomic E-state index is 0.194. The number of methoxy groups -OCH3 is 3. The number of anilines is 1. The molecule has 0 bridgehead atoms. The van der Waals surface area contributed by atoms with E-state index in [1.165, 1.54) is 45.6 Å². The van der Waals surface area contributed by atoms with Crippen LogP contribution in [0.3, 0.4) is 0 Å². The summed E-state index contributed by atoms with van der Waals surface area (Å²) in [4.78, 5) is 24.2. The van der Waals surface area contributed by atoms with Crippen LogP contribution < -0.4 is 24.3 Å². The fraction of sp³-hybridized carbons (Fsp3) is 0.300. The zero-order valence-electron chi connectivity index (χ0n) is 16.2. The number of ether oxygens (including phenoxy) is 4. The molecule has 2 aromatic carbocycles. The molecular weight excluding hydrogens is 366 g/mol. The predicted molar refractivity (Wildman–Crippen MR) is 102 cm³/mol. The lowest BCUT2D eigenvalue weighted by Crippen LogP contribution is -2.13. The van der Waals surface area contributed by atoms with Gasteiger partial charge in [-0.15, -0.1) is 0 Å². The smallest absolute Gasteiger partial charge is 0.343 e. The normalized spacial score (nSPS) is 10.2. The van der Waals surface area contributed by atoms with Crippen LogP contribution in [0, 0.1) is 0 Å². The van der Waals surface area contributed by atoms with Crippen molar-refractivity contribution in [1.82, 2.24) is 0 Å². The number of aliphatic hydroxyl groups is 1. The van der Waals surface area contributed by atoms with Crippen molar-refractivity contribution in [2.24, 2.45) is 0 Å². The Balaban J connectivity index is 2.32. The van der Waals surface area contributed by atoms with Crippen LogP contribution in [-0.4, -0.2) is 38.3 Å². The van der Waals surface area contributed by atoms with Crippen molar-refractivity contribution in [2.45, 2.75) is 20.0 Å². The maximum atomic E-state index is 12.6. The third-order valence-corrected chi connectivity index (χ3v) is 3.96. The first kappa shape index (κ1) is 21.0. The van der Waals surface area contributed by atoms with Crippen molar-refractivity contribution in [3.05, 3.63) is 41.5 Å². The highest BCUT2D eigenvalue weighted by Crippen LogP contribution is 2.38. The molecule has 28 heavy (non-hydrogen) atoms. The first-order valence-corrected chi connectivity index (χ1v) is 8.53. The Labute approximate surface area is 163 Å². The number of rotatable bonds is 8. The lowest BCUT2D eigenvalue weighted by Gasteiger charge is -2.14. The first-order chi connectivity index (χ1) is 13.5. The van der Waals surface area contributed by atoms with Crippen molar-refractivity contribution >= 4 is 17.6 Å². The van der Waals surface area contributed by atoms with Crippen LogP contribution in [0.25, 0.3) is 0 Å². The molecule has 2 aromatic rings. The molecule has 2 N–H and O–H groups in total. The summed E-state index contributed by atoms with van der Waals surface area (Å²) in [5.41, 5.74) is 1.08. The van der Waals surface area contributed by atoms with Gasteiger partial charge in [0.05, 0.1) is 33.5 Å². The molecule has 0 atom stereocenters. The van der Waals surface area contributed by atoms with E-state index in [1.54, 1.807) is 13.0 Å². The second-order valence-corrected chi connectivity index (χ2v) is 5.68. The zero-order chi connectivity index (χ0) is 20.7. The van der Waals surface area contributed by atoms with Crippen molar-refractivity contribution in [1.29, 1.82) is 0 Å². The third-order valence-electron chi connectivity index (χ3n) is 3.96. The van der Waals surface area contributed by atoms with E-state index in [9.17, 15) is 14.7 Å². The van der Waals surface area contributed by atoms with Gasteiger partial charge in [-0.1, -0.05) is 13.0 Å². The van der Waals surface area contributed by atoms with Crippen LogP contribution in [-0.2, 0) is 11.4 Å². The molecule has 0 spiro atoms. The van der Waals surface area contributed by atoms with E-state index in [0.29, 0.717) is 28.5 Å². The molecule has 0 fully saturated rings. The average molecular weight is 389 g/mol. The van der Waals surface area contributed by atoms with E-state index in [1.807, 2.05) is 0 Å². The van der Waals surface area contributed by atoms with Gasteiger partial charge in [-0.05, 0) is 18.2 Å². The average Bonchev–Trinajstić information content (AvgIpc) is 2.72. The maximum Gasteiger partial charge on any atom is 0.343 e. The second-order valence-electron chi connectivity index (χ2n) is 5.68. The Morgan fingerprint density at radius 1 is 1.00 bits per heavy atom. The highest BCUT2D eigenvalue weighted by atomic mass is 16.5. The Morgan fingerprint density at radius 3 is 2.14 bits per heavy atom. The maximum absolute atomic E-state index is 12.6. The lowest BCUT2D eigenvalue weighted by molar-refractivity contribution is -0.115. The number of carbonyl (C=O) groups excluding carboxylic acids is 2. The number of esters is 1. The van der Waals surface area contributed by atoms with Gasteiger partial charge in [0.1, 0.15) is 5.75 Å². The van der Waals surface area contributed by atoms with Crippen LogP contribution in [0.5, 0.6) is 23.0 Å². The van der Waals surface area contributed by atoms with Crippen LogP contribution >= 0.6 is 0 Å². The molecule has 0 aromatic heterocycles. The standard InChI is InChI=1S/C20H23NO7/c1-5-18(23)21-15-10-14(7-6-12(15)11-22)28-20(24)13-8-16(25-2)19(27-4)17(9-13)26-3/h6-10,22H,5,11H2,1-4H3,(H,21,23). The van der Waals surface area contributed by atoms with Crippen molar-refractivity contribution < 1.29 is 33.6 Å². The molecule has 150 valence electrons. The lowest BCUT2D eigenvalue weighted by atomic mass is 10.1. The van der Waals surface area contributed by atoms with Gasteiger partial charge < -0.3 is 29.4 Å². The van der Waals surface area contributed by atoms with Gasteiger partial charge in [0.2, 0.25) is 11.7 Å². The molecule has 0 saturated carbocycles. The van der Waals surface area contributed by atoms with Gasteiger partial charge in [-0.3, -0.25) is 4.79 Å². The van der Waals surface area contributed by atoms with Gasteiger partial charge in [0, 0.05) is 23.7 Å². The number of hydrogen-bond donors (Lipinski definition) is 2. The SMILES string of the molecule is CCC(=O)Nc1cc(OC(=O)c2cc(OC)c(OC)c(OC)c2)ccc1CO. The van der Waals surface area contributed by atoms with Gasteiger partial charge in [-0.2, -0.15) is 0 Å². The number of benzene rings is 2. The largest absolute Gasteiger partial charge is 0.493 e. The highest BCUT2D eigenvalue weighted by molar-refractivity contribution is 5.94. The number of amides is 1. The molecule has 0 aliphatic carbocycles. The molecule has 0 unspecified atom stereocenters. The Kier molecular flexibility index (Phi) is 7.22. The molecule has 0 heterocycles. The minimum Gasteiger partial charge on any atom is -0.493 e. The third kappa shape index (κ3) is 4.72. The zero-order valence-corrected chi connectivity index (χ0v) is 16.2. The fourth-order valence-electron chi connectivity index (χ4n) is 2.48. The van der Waals surface area contributed by atoms with E-state index in [4.69, 9.17) is 18.9 Å². The van der Waals surface area contributed by atoms with Gasteiger partial charge >= 0.3 is 5.97 Å². The van der Waals surface area contributed by atoms with Crippen molar-refractivity contribution in [3.8, 4) is 23.0 Å². The van der Waals surface area contributed by atoms with Crippen LogP contribution in [0.2, 0.25) is 0 Å². The highest BCUT2D eigenvalue weighted by Gasteiger charge is 2.19. The second kappa shape index (κ2) is 9.61. The van der Waals surface area contributed by atoms with Crippen LogP contribution in [0.4, 0.5) is 5.69 Å². The molecule has 1 amide bonds. The minimum atomic E-state index is -0.649. The topological polar surface area (TPSA) is 103 Å². The molecular formula is C20H23NO7. The van der Waals surface area contributed by atoms with Crippen molar-refractivity contribution in [3.63, 3.8) is 0 Å². The first-order valence-electron chi connectivity index (χ1n) is 8.53. The molecule has 0 aliphatic rings. The molecule has 8 nitrogen and oxygen atoms in total. The van der Waals surface area contributed by atoms with E-state index in [0.717, 1.165) is 0 Å². The number of carbonyl (C=O) groups is 2. The summed E-state index contributed by atoms with van der Waals surface area (Å²) < 4.78 is 21.1. The Bertz CT molecular complexity index is 839. The van der Waals surface area contributed by atoms with E-state index < -0.39 is 5.97 Å². The number of hydrogen-bond acceptors (Lipinski definition) is 7. The summed E-state index contributed by atoms with van der Waals surface area (Å²) in [7, 11) is 4.36. The quantitative estimate of drug-likeness (QED) is 0.528. The van der Waals surface area contributed by atoms with Gasteiger partial charge in [0.15, 0.2) is 11.5 Å². The Morgan fingerprint density at radius 2 is 1.64 bits per heavy atom. The van der Waals surface area contributed by atoms with E-state index >= 15 is 0 Å². The van der Waals surface area contributed by atoms with Gasteiger partial charge in [-0.25, -0.2) is 4.79 Å². The predicted octanol–water partition coefficient (Wildman–Crippen LogP) is 2.77. The summed E-state index contributed by atoms with van der Waals surface area (Å²) in [6.45, 7) is 1.45. The Hall–Kier alpha value is -3.26. The molecule has 0 saturated heterocycles. The monoisotopic (exact) mass is 389 g/mol. The summed E-state index contributed by atoms with van der Waals surface area (Å²) in [6, 6.07) is 7.54. The van der Waals surface area contributed by atoms with E-state index in [2.05, 4.69) is 5.32 Å². The number of nitrogens with one attached hydrogen (secondary N) is 1. The summed E-state index contributed by atoms with van der Waals surface area (Å²) >= 11 is 0. The van der Waals surface area contributed by atoms with Gasteiger partial charge in [0.25, 0.3) is 0 Å². The molecule has 0 aliphatic heterocycles. The van der Waals surface area contributed by atoms with Crippen LogP contribution in [0.1, 0.15) is 29.3 Å². The molecule has 8 heteroatoms. The van der Waals surface area contributed by atoms with Crippen molar-refractivity contribution in [2.75, 3.05) is 26.6 Å². The fourth-order valence-corrected chi connectivity index (χ4v) is 2.48. The van der Waals surface area contributed by atoms with Crippen LogP contribution in [0.15, 0.2) is 30.3 Å². The molecule has 2 rings (SSSR count). The number of aliphatic hydroxyl groups excluding tert-OH is 1.